The maximum Gasteiger partial charge on any atom is 0.267 e. The molecule has 0 saturated carbocycles. The lowest BCUT2D eigenvalue weighted by Crippen LogP contribution is -2.36. The van der Waals surface area contributed by atoms with Crippen molar-refractivity contribution in [1.29, 1.82) is 0 Å². The first-order valence-corrected chi connectivity index (χ1v) is 8.60. The van der Waals surface area contributed by atoms with Crippen molar-refractivity contribution in [2.24, 2.45) is 0 Å². The average molecular weight is 365 g/mol. The minimum atomic E-state index is -0.342. The molecule has 0 aliphatic rings. The van der Waals surface area contributed by atoms with Crippen LogP contribution in [0.1, 0.15) is 18.5 Å². The SMILES string of the molecule is CC(c1ccc(F)cc1)N(C)C(=O)Cn1nc(-c2ccccc2)ccc1=O. The molecule has 0 fully saturated rings. The van der Waals surface area contributed by atoms with Gasteiger partial charge in [0.1, 0.15) is 12.4 Å². The second-order valence-corrected chi connectivity index (χ2v) is 6.31. The third-order valence-electron chi connectivity index (χ3n) is 4.55. The fraction of sp³-hybridized carbons (Fsp3) is 0.190. The highest BCUT2D eigenvalue weighted by Gasteiger charge is 2.19. The predicted molar refractivity (Wildman–Crippen MR) is 102 cm³/mol. The van der Waals surface area contributed by atoms with Crippen LogP contribution < -0.4 is 5.56 Å². The standard InChI is InChI=1S/C21H20FN3O2/c1-15(16-8-10-18(22)11-9-16)24(2)21(27)14-25-20(26)13-12-19(23-25)17-6-4-3-5-7-17/h3-13,15H,14H2,1-2H3. The molecular formula is C21H20FN3O2. The van der Waals surface area contributed by atoms with E-state index in [2.05, 4.69) is 5.10 Å². The van der Waals surface area contributed by atoms with E-state index in [9.17, 15) is 14.0 Å². The number of benzene rings is 2. The largest absolute Gasteiger partial charge is 0.337 e. The molecule has 1 heterocycles. The van der Waals surface area contributed by atoms with Gasteiger partial charge in [-0.15, -0.1) is 0 Å². The summed E-state index contributed by atoms with van der Waals surface area (Å²) in [5.41, 5.74) is 1.96. The lowest BCUT2D eigenvalue weighted by Gasteiger charge is -2.25. The number of likely N-dealkylation sites (N-methyl/N-ethyl adjacent to an activating group) is 1. The number of aromatic nitrogens is 2. The molecule has 6 heteroatoms. The Kier molecular flexibility index (Phi) is 5.45. The molecule has 1 amide bonds. The van der Waals surface area contributed by atoms with E-state index in [1.54, 1.807) is 25.2 Å². The summed E-state index contributed by atoms with van der Waals surface area (Å²) in [7, 11) is 1.66. The Balaban J connectivity index is 1.79. The molecule has 0 radical (unpaired) electrons. The van der Waals surface area contributed by atoms with Gasteiger partial charge >= 0.3 is 0 Å². The molecule has 0 aliphatic heterocycles. The molecule has 0 saturated heterocycles. The maximum absolute atomic E-state index is 13.1. The summed E-state index contributed by atoms with van der Waals surface area (Å²) in [4.78, 5) is 26.3. The molecule has 5 nitrogen and oxygen atoms in total. The molecule has 0 bridgehead atoms. The quantitative estimate of drug-likeness (QED) is 0.697. The van der Waals surface area contributed by atoms with Gasteiger partial charge in [0, 0.05) is 18.7 Å². The molecule has 2 aromatic carbocycles. The van der Waals surface area contributed by atoms with Gasteiger partial charge in [-0.3, -0.25) is 9.59 Å². The molecule has 138 valence electrons. The van der Waals surface area contributed by atoms with E-state index < -0.39 is 0 Å². The Morgan fingerprint density at radius 1 is 1.07 bits per heavy atom. The number of nitrogens with zero attached hydrogens (tertiary/aromatic N) is 3. The summed E-state index contributed by atoms with van der Waals surface area (Å²) in [6.45, 7) is 1.68. The zero-order chi connectivity index (χ0) is 19.4. The van der Waals surface area contributed by atoms with Gasteiger partial charge in [0.05, 0.1) is 11.7 Å². The van der Waals surface area contributed by atoms with E-state index >= 15 is 0 Å². The van der Waals surface area contributed by atoms with E-state index in [-0.39, 0.29) is 29.9 Å². The first-order valence-electron chi connectivity index (χ1n) is 8.60. The van der Waals surface area contributed by atoms with Gasteiger partial charge in [-0.25, -0.2) is 9.07 Å². The molecule has 3 rings (SSSR count). The van der Waals surface area contributed by atoms with Crippen LogP contribution in [0, 0.1) is 5.82 Å². The molecule has 1 atom stereocenters. The second kappa shape index (κ2) is 7.95. The molecule has 0 aliphatic carbocycles. The first-order chi connectivity index (χ1) is 13.0. The number of rotatable bonds is 5. The number of hydrogen-bond acceptors (Lipinski definition) is 3. The summed E-state index contributed by atoms with van der Waals surface area (Å²) in [5, 5.41) is 4.32. The number of carbonyl (C=O) groups excluding carboxylic acids is 1. The van der Waals surface area contributed by atoms with Crippen molar-refractivity contribution >= 4 is 5.91 Å². The van der Waals surface area contributed by atoms with Gasteiger partial charge in [0.2, 0.25) is 5.91 Å². The number of hydrogen-bond donors (Lipinski definition) is 0. The Bertz CT molecular complexity index is 984. The monoisotopic (exact) mass is 365 g/mol. The van der Waals surface area contributed by atoms with Crippen molar-refractivity contribution in [3.8, 4) is 11.3 Å². The van der Waals surface area contributed by atoms with Crippen LogP contribution in [0.3, 0.4) is 0 Å². The lowest BCUT2D eigenvalue weighted by atomic mass is 10.1. The summed E-state index contributed by atoms with van der Waals surface area (Å²) in [5.74, 6) is -0.583. The lowest BCUT2D eigenvalue weighted by molar-refractivity contribution is -0.132. The molecule has 0 spiro atoms. The van der Waals surface area contributed by atoms with Crippen molar-refractivity contribution in [2.45, 2.75) is 19.5 Å². The Hall–Kier alpha value is -3.28. The summed E-state index contributed by atoms with van der Waals surface area (Å²) < 4.78 is 14.3. The van der Waals surface area contributed by atoms with Gasteiger partial charge in [0.15, 0.2) is 0 Å². The van der Waals surface area contributed by atoms with E-state index in [1.807, 2.05) is 37.3 Å². The first kappa shape index (κ1) is 18.5. The predicted octanol–water partition coefficient (Wildman–Crippen LogP) is 3.27. The van der Waals surface area contributed by atoms with Crippen LogP contribution in [-0.4, -0.2) is 27.6 Å². The van der Waals surface area contributed by atoms with Gasteiger partial charge in [-0.1, -0.05) is 42.5 Å². The van der Waals surface area contributed by atoms with Crippen molar-refractivity contribution < 1.29 is 9.18 Å². The number of halogens is 1. The van der Waals surface area contributed by atoms with E-state index in [0.29, 0.717) is 5.69 Å². The second-order valence-electron chi connectivity index (χ2n) is 6.31. The van der Waals surface area contributed by atoms with Gasteiger partial charge in [-0.05, 0) is 30.7 Å². The van der Waals surface area contributed by atoms with Gasteiger partial charge in [0.25, 0.3) is 5.56 Å². The van der Waals surface area contributed by atoms with Crippen molar-refractivity contribution in [3.05, 3.63) is 88.5 Å². The number of amides is 1. The van der Waals surface area contributed by atoms with Crippen LogP contribution in [0.2, 0.25) is 0 Å². The Morgan fingerprint density at radius 3 is 2.41 bits per heavy atom. The summed E-state index contributed by atoms with van der Waals surface area (Å²) in [6, 6.07) is 18.2. The van der Waals surface area contributed by atoms with Crippen LogP contribution >= 0.6 is 0 Å². The fourth-order valence-corrected chi connectivity index (χ4v) is 2.75. The normalized spacial score (nSPS) is 11.8. The topological polar surface area (TPSA) is 55.2 Å². The van der Waals surface area contributed by atoms with Gasteiger partial charge < -0.3 is 4.90 Å². The average Bonchev–Trinajstić information content (AvgIpc) is 2.69. The zero-order valence-corrected chi connectivity index (χ0v) is 15.2. The number of carbonyl (C=O) groups is 1. The Labute approximate surface area is 156 Å². The molecule has 1 aromatic heterocycles. The van der Waals surface area contributed by atoms with Crippen LogP contribution in [-0.2, 0) is 11.3 Å². The third-order valence-corrected chi connectivity index (χ3v) is 4.55. The summed E-state index contributed by atoms with van der Waals surface area (Å²) in [6.07, 6.45) is 0. The zero-order valence-electron chi connectivity index (χ0n) is 15.2. The minimum Gasteiger partial charge on any atom is -0.337 e. The highest BCUT2D eigenvalue weighted by Crippen LogP contribution is 2.19. The van der Waals surface area contributed by atoms with E-state index in [1.165, 1.54) is 27.8 Å². The highest BCUT2D eigenvalue weighted by atomic mass is 19.1. The van der Waals surface area contributed by atoms with Crippen LogP contribution in [0.5, 0.6) is 0 Å². The summed E-state index contributed by atoms with van der Waals surface area (Å²) >= 11 is 0. The molecule has 27 heavy (non-hydrogen) atoms. The van der Waals surface area contributed by atoms with Crippen LogP contribution in [0.15, 0.2) is 71.5 Å². The molecule has 1 unspecified atom stereocenters. The van der Waals surface area contributed by atoms with Gasteiger partial charge in [-0.2, -0.15) is 5.10 Å². The fourth-order valence-electron chi connectivity index (χ4n) is 2.75. The van der Waals surface area contributed by atoms with E-state index in [4.69, 9.17) is 0 Å². The Morgan fingerprint density at radius 2 is 1.74 bits per heavy atom. The van der Waals surface area contributed by atoms with Crippen molar-refractivity contribution in [1.82, 2.24) is 14.7 Å². The highest BCUT2D eigenvalue weighted by molar-refractivity contribution is 5.76. The van der Waals surface area contributed by atoms with Crippen molar-refractivity contribution in [3.63, 3.8) is 0 Å². The van der Waals surface area contributed by atoms with Crippen LogP contribution in [0.25, 0.3) is 11.3 Å². The van der Waals surface area contributed by atoms with Crippen molar-refractivity contribution in [2.75, 3.05) is 7.05 Å². The third kappa shape index (κ3) is 4.28. The maximum atomic E-state index is 13.1. The molecule has 0 N–H and O–H groups in total. The van der Waals surface area contributed by atoms with E-state index in [0.717, 1.165) is 11.1 Å². The smallest absolute Gasteiger partial charge is 0.267 e. The molecule has 3 aromatic rings. The van der Waals surface area contributed by atoms with Crippen LogP contribution in [0.4, 0.5) is 4.39 Å². The minimum absolute atomic E-state index is 0.165. The molecular weight excluding hydrogens is 345 g/mol.